The maximum atomic E-state index is 13.4. The number of aromatic nitrogens is 1. The number of nitrogens with zero attached hydrogens (tertiary/aromatic N) is 1. The highest BCUT2D eigenvalue weighted by Crippen LogP contribution is 2.22. The summed E-state index contributed by atoms with van der Waals surface area (Å²) >= 11 is 0. The van der Waals surface area contributed by atoms with Crippen LogP contribution in [0.25, 0.3) is 11.3 Å². The first-order chi connectivity index (χ1) is 8.66. The second-order valence-corrected chi connectivity index (χ2v) is 4.55. The van der Waals surface area contributed by atoms with E-state index in [4.69, 9.17) is 0 Å². The molecule has 2 nitrogen and oxygen atoms in total. The van der Waals surface area contributed by atoms with Gasteiger partial charge < -0.3 is 5.32 Å². The van der Waals surface area contributed by atoms with E-state index in [1.807, 2.05) is 24.3 Å². The summed E-state index contributed by atoms with van der Waals surface area (Å²) in [7, 11) is 0. The molecule has 1 aromatic carbocycles. The van der Waals surface area contributed by atoms with Gasteiger partial charge in [-0.05, 0) is 29.8 Å². The van der Waals surface area contributed by atoms with Crippen LogP contribution in [0.4, 0.5) is 4.39 Å². The molecule has 18 heavy (non-hydrogen) atoms. The van der Waals surface area contributed by atoms with E-state index in [-0.39, 0.29) is 5.82 Å². The summed E-state index contributed by atoms with van der Waals surface area (Å²) in [6, 6.07) is 10.9. The first-order valence-electron chi connectivity index (χ1n) is 6.10. The van der Waals surface area contributed by atoms with E-state index in [0.717, 1.165) is 16.8 Å². The average Bonchev–Trinajstić information content (AvgIpc) is 2.38. The molecule has 0 amide bonds. The molecule has 1 N–H and O–H groups in total. The summed E-state index contributed by atoms with van der Waals surface area (Å²) in [5.41, 5.74) is 2.71. The van der Waals surface area contributed by atoms with Crippen molar-refractivity contribution < 1.29 is 4.39 Å². The van der Waals surface area contributed by atoms with Crippen molar-refractivity contribution in [3.8, 4) is 11.3 Å². The van der Waals surface area contributed by atoms with E-state index < -0.39 is 0 Å². The highest BCUT2D eigenvalue weighted by atomic mass is 19.1. The van der Waals surface area contributed by atoms with Crippen LogP contribution in [0, 0.1) is 5.82 Å². The normalized spacial score (nSPS) is 10.9. The van der Waals surface area contributed by atoms with Gasteiger partial charge in [-0.2, -0.15) is 0 Å². The Morgan fingerprint density at radius 2 is 2.06 bits per heavy atom. The molecule has 0 aliphatic heterocycles. The minimum absolute atomic E-state index is 0.232. The second-order valence-electron chi connectivity index (χ2n) is 4.55. The molecule has 2 rings (SSSR count). The number of nitrogens with one attached hydrogen (secondary N) is 1. The lowest BCUT2D eigenvalue weighted by Crippen LogP contribution is -2.22. The van der Waals surface area contributed by atoms with Crippen LogP contribution in [0.1, 0.15) is 19.4 Å². The van der Waals surface area contributed by atoms with Crippen LogP contribution in [0.2, 0.25) is 0 Å². The number of hydrogen-bond donors (Lipinski definition) is 1. The molecule has 0 atom stereocenters. The third-order valence-corrected chi connectivity index (χ3v) is 2.71. The van der Waals surface area contributed by atoms with Crippen LogP contribution < -0.4 is 5.32 Å². The zero-order valence-electron chi connectivity index (χ0n) is 10.7. The van der Waals surface area contributed by atoms with Gasteiger partial charge in [0.25, 0.3) is 0 Å². The van der Waals surface area contributed by atoms with E-state index in [9.17, 15) is 4.39 Å². The van der Waals surface area contributed by atoms with Crippen molar-refractivity contribution >= 4 is 0 Å². The van der Waals surface area contributed by atoms with E-state index in [1.165, 1.54) is 6.07 Å². The number of hydrogen-bond acceptors (Lipinski definition) is 2. The van der Waals surface area contributed by atoms with E-state index >= 15 is 0 Å². The van der Waals surface area contributed by atoms with Gasteiger partial charge in [0.1, 0.15) is 5.82 Å². The Morgan fingerprint density at radius 3 is 2.72 bits per heavy atom. The molecule has 0 spiro atoms. The standard InChI is InChI=1S/C15H17FN2/c1-11(2)18-10-12-6-7-13(16)9-14(12)15-5-3-4-8-17-15/h3-9,11,18H,10H2,1-2H3. The molecule has 0 bridgehead atoms. The lowest BCUT2D eigenvalue weighted by molar-refractivity contribution is 0.587. The van der Waals surface area contributed by atoms with Crippen LogP contribution >= 0.6 is 0 Å². The number of benzene rings is 1. The average molecular weight is 244 g/mol. The van der Waals surface area contributed by atoms with Crippen LogP contribution in [0.15, 0.2) is 42.6 Å². The molecule has 1 heterocycles. The third kappa shape index (κ3) is 3.14. The van der Waals surface area contributed by atoms with Crippen LogP contribution in [-0.2, 0) is 6.54 Å². The minimum Gasteiger partial charge on any atom is -0.310 e. The molecule has 0 aliphatic carbocycles. The van der Waals surface area contributed by atoms with Crippen molar-refractivity contribution in [3.05, 3.63) is 54.0 Å². The zero-order chi connectivity index (χ0) is 13.0. The molecule has 1 aromatic heterocycles. The van der Waals surface area contributed by atoms with Gasteiger partial charge in [0.05, 0.1) is 5.69 Å². The fraction of sp³-hybridized carbons (Fsp3) is 0.267. The Balaban J connectivity index is 2.35. The predicted octanol–water partition coefficient (Wildman–Crippen LogP) is 3.39. The van der Waals surface area contributed by atoms with Crippen LogP contribution in [0.3, 0.4) is 0 Å². The molecule has 3 heteroatoms. The Labute approximate surface area is 107 Å². The molecule has 0 radical (unpaired) electrons. The first-order valence-corrected chi connectivity index (χ1v) is 6.10. The molecular formula is C15H17FN2. The maximum Gasteiger partial charge on any atom is 0.123 e. The summed E-state index contributed by atoms with van der Waals surface area (Å²) < 4.78 is 13.4. The fourth-order valence-corrected chi connectivity index (χ4v) is 1.78. The van der Waals surface area contributed by atoms with Crippen molar-refractivity contribution in [2.24, 2.45) is 0 Å². The molecule has 94 valence electrons. The monoisotopic (exact) mass is 244 g/mol. The van der Waals surface area contributed by atoms with Crippen molar-refractivity contribution in [1.82, 2.24) is 10.3 Å². The van der Waals surface area contributed by atoms with Gasteiger partial charge in [0, 0.05) is 24.3 Å². The molecule has 0 aliphatic rings. The Kier molecular flexibility index (Phi) is 4.05. The molecule has 0 unspecified atom stereocenters. The quantitative estimate of drug-likeness (QED) is 0.891. The SMILES string of the molecule is CC(C)NCc1ccc(F)cc1-c1ccccn1. The van der Waals surface area contributed by atoms with Gasteiger partial charge in [-0.3, -0.25) is 4.98 Å². The van der Waals surface area contributed by atoms with Gasteiger partial charge >= 0.3 is 0 Å². The van der Waals surface area contributed by atoms with E-state index in [2.05, 4.69) is 24.1 Å². The first kappa shape index (κ1) is 12.7. The predicted molar refractivity (Wildman–Crippen MR) is 71.6 cm³/mol. The zero-order valence-corrected chi connectivity index (χ0v) is 10.7. The van der Waals surface area contributed by atoms with Crippen molar-refractivity contribution in [1.29, 1.82) is 0 Å². The van der Waals surface area contributed by atoms with Gasteiger partial charge in [0.2, 0.25) is 0 Å². The lowest BCUT2D eigenvalue weighted by atomic mass is 10.0. The number of halogens is 1. The Morgan fingerprint density at radius 1 is 1.22 bits per heavy atom. The van der Waals surface area contributed by atoms with Crippen molar-refractivity contribution in [2.75, 3.05) is 0 Å². The largest absolute Gasteiger partial charge is 0.310 e. The fourth-order valence-electron chi connectivity index (χ4n) is 1.78. The Bertz CT molecular complexity index is 509. The molecule has 2 aromatic rings. The van der Waals surface area contributed by atoms with Gasteiger partial charge in [-0.25, -0.2) is 4.39 Å². The summed E-state index contributed by atoms with van der Waals surface area (Å²) in [5, 5.41) is 3.34. The third-order valence-electron chi connectivity index (χ3n) is 2.71. The lowest BCUT2D eigenvalue weighted by Gasteiger charge is -2.12. The summed E-state index contributed by atoms with van der Waals surface area (Å²) in [6.45, 7) is 4.89. The summed E-state index contributed by atoms with van der Waals surface area (Å²) in [6.07, 6.45) is 1.72. The van der Waals surface area contributed by atoms with Gasteiger partial charge in [-0.1, -0.05) is 26.0 Å². The molecule has 0 fully saturated rings. The van der Waals surface area contributed by atoms with Gasteiger partial charge in [-0.15, -0.1) is 0 Å². The van der Waals surface area contributed by atoms with E-state index in [1.54, 1.807) is 12.3 Å². The van der Waals surface area contributed by atoms with E-state index in [0.29, 0.717) is 12.6 Å². The molecule has 0 saturated carbocycles. The van der Waals surface area contributed by atoms with Crippen LogP contribution in [-0.4, -0.2) is 11.0 Å². The summed E-state index contributed by atoms with van der Waals surface area (Å²) in [5.74, 6) is -0.232. The maximum absolute atomic E-state index is 13.4. The topological polar surface area (TPSA) is 24.9 Å². The van der Waals surface area contributed by atoms with Gasteiger partial charge in [0.15, 0.2) is 0 Å². The highest BCUT2D eigenvalue weighted by molar-refractivity contribution is 5.63. The number of rotatable bonds is 4. The van der Waals surface area contributed by atoms with Crippen LogP contribution in [0.5, 0.6) is 0 Å². The summed E-state index contributed by atoms with van der Waals surface area (Å²) in [4.78, 5) is 4.28. The smallest absolute Gasteiger partial charge is 0.123 e. The highest BCUT2D eigenvalue weighted by Gasteiger charge is 2.07. The van der Waals surface area contributed by atoms with Crippen molar-refractivity contribution in [3.63, 3.8) is 0 Å². The van der Waals surface area contributed by atoms with Crippen molar-refractivity contribution in [2.45, 2.75) is 26.4 Å². The Hall–Kier alpha value is -1.74. The minimum atomic E-state index is -0.232. The number of pyridine rings is 1. The molecule has 0 saturated heterocycles. The second kappa shape index (κ2) is 5.74. The molecular weight excluding hydrogens is 227 g/mol.